The van der Waals surface area contributed by atoms with Gasteiger partial charge in [0, 0.05) is 31.3 Å². The van der Waals surface area contributed by atoms with E-state index in [1.807, 2.05) is 0 Å². The fraction of sp³-hybridized carbons (Fsp3) is 0.176. The van der Waals surface area contributed by atoms with E-state index in [1.165, 1.54) is 19.1 Å². The highest BCUT2D eigenvalue weighted by atomic mass is 32.2. The van der Waals surface area contributed by atoms with Crippen molar-refractivity contribution in [3.8, 4) is 0 Å². The van der Waals surface area contributed by atoms with E-state index >= 15 is 0 Å². The molecule has 0 aromatic heterocycles. The van der Waals surface area contributed by atoms with Crippen LogP contribution in [0.3, 0.4) is 0 Å². The molecular weight excluding hydrogens is 380 g/mol. The normalized spacial score (nSPS) is 11.1. The van der Waals surface area contributed by atoms with E-state index in [1.54, 1.807) is 12.1 Å². The Hall–Kier alpha value is -2.85. The Labute approximate surface area is 154 Å². The number of hydrogen-bond acceptors (Lipinski definition) is 4. The van der Waals surface area contributed by atoms with Gasteiger partial charge in [0.15, 0.2) is 0 Å². The summed E-state index contributed by atoms with van der Waals surface area (Å²) in [7, 11) is -4.25. The zero-order valence-corrected chi connectivity index (χ0v) is 15.1. The fourth-order valence-electron chi connectivity index (χ4n) is 2.13. The predicted octanol–water partition coefficient (Wildman–Crippen LogP) is 1.63. The Morgan fingerprint density at radius 2 is 1.67 bits per heavy atom. The molecule has 0 atom stereocenters. The number of carbonyl (C=O) groups excluding carboxylic acids is 2. The molecule has 0 saturated heterocycles. The molecule has 2 rings (SSSR count). The van der Waals surface area contributed by atoms with E-state index in [0.29, 0.717) is 17.3 Å². The largest absolute Gasteiger partial charge is 0.351 e. The number of hydrogen-bond donors (Lipinski definition) is 3. The fourth-order valence-corrected chi connectivity index (χ4v) is 3.25. The van der Waals surface area contributed by atoms with E-state index in [2.05, 4.69) is 15.4 Å². The molecule has 0 radical (unpaired) electrons. The van der Waals surface area contributed by atoms with Crippen molar-refractivity contribution in [3.63, 3.8) is 0 Å². The number of amides is 2. The molecule has 0 unspecified atom stereocenters. The van der Waals surface area contributed by atoms with Gasteiger partial charge in [-0.15, -0.1) is 0 Å². The Morgan fingerprint density at radius 1 is 1.00 bits per heavy atom. The number of halogens is 2. The van der Waals surface area contributed by atoms with E-state index in [-0.39, 0.29) is 19.0 Å². The second-order valence-corrected chi connectivity index (χ2v) is 7.22. The molecule has 0 saturated carbocycles. The maximum atomic E-state index is 13.6. The van der Waals surface area contributed by atoms with Crippen LogP contribution in [0.4, 0.5) is 14.5 Å². The highest BCUT2D eigenvalue weighted by Crippen LogP contribution is 2.15. The van der Waals surface area contributed by atoms with Gasteiger partial charge in [-0.2, -0.15) is 0 Å². The van der Waals surface area contributed by atoms with Crippen molar-refractivity contribution < 1.29 is 26.8 Å². The Kier molecular flexibility index (Phi) is 6.59. The molecule has 2 aromatic carbocycles. The standard InChI is InChI=1S/C17H17F2N3O4S/c1-11(23)22-14-5-2-12(3-6-14)17(24)20-8-9-21-27(25,26)16-10-13(18)4-7-15(16)19/h2-7,10,21H,8-9H2,1H3,(H,20,24)(H,22,23). The molecule has 0 heterocycles. The van der Waals surface area contributed by atoms with Gasteiger partial charge in [-0.1, -0.05) is 0 Å². The van der Waals surface area contributed by atoms with Crippen molar-refractivity contribution in [1.82, 2.24) is 10.0 Å². The molecule has 27 heavy (non-hydrogen) atoms. The van der Waals surface area contributed by atoms with Gasteiger partial charge in [-0.3, -0.25) is 9.59 Å². The summed E-state index contributed by atoms with van der Waals surface area (Å²) in [6.45, 7) is 1.08. The van der Waals surface area contributed by atoms with Crippen LogP contribution in [0.2, 0.25) is 0 Å². The SMILES string of the molecule is CC(=O)Nc1ccc(C(=O)NCCNS(=O)(=O)c2cc(F)ccc2F)cc1. The first kappa shape index (κ1) is 20.5. The quantitative estimate of drug-likeness (QED) is 0.618. The number of anilines is 1. The molecule has 0 bridgehead atoms. The van der Waals surface area contributed by atoms with Crippen LogP contribution in [-0.4, -0.2) is 33.3 Å². The molecule has 0 aliphatic heterocycles. The Morgan fingerprint density at radius 3 is 2.30 bits per heavy atom. The highest BCUT2D eigenvalue weighted by molar-refractivity contribution is 7.89. The predicted molar refractivity (Wildman–Crippen MR) is 94.6 cm³/mol. The van der Waals surface area contributed by atoms with E-state index in [4.69, 9.17) is 0 Å². The summed E-state index contributed by atoms with van der Waals surface area (Å²) in [5.41, 5.74) is 0.840. The van der Waals surface area contributed by atoms with E-state index < -0.39 is 32.5 Å². The van der Waals surface area contributed by atoms with Crippen molar-refractivity contribution in [1.29, 1.82) is 0 Å². The van der Waals surface area contributed by atoms with Crippen molar-refractivity contribution in [3.05, 3.63) is 59.7 Å². The number of sulfonamides is 1. The van der Waals surface area contributed by atoms with Crippen LogP contribution in [0.15, 0.2) is 47.4 Å². The van der Waals surface area contributed by atoms with Crippen LogP contribution in [0.1, 0.15) is 17.3 Å². The number of carbonyl (C=O) groups is 2. The van der Waals surface area contributed by atoms with E-state index in [0.717, 1.165) is 12.1 Å². The monoisotopic (exact) mass is 397 g/mol. The molecule has 0 aliphatic carbocycles. The van der Waals surface area contributed by atoms with Gasteiger partial charge in [0.2, 0.25) is 15.9 Å². The molecule has 0 aliphatic rings. The van der Waals surface area contributed by atoms with Crippen LogP contribution < -0.4 is 15.4 Å². The summed E-state index contributed by atoms with van der Waals surface area (Å²) < 4.78 is 52.7. The van der Waals surface area contributed by atoms with Gasteiger partial charge >= 0.3 is 0 Å². The molecule has 0 fully saturated rings. The summed E-state index contributed by atoms with van der Waals surface area (Å²) in [6, 6.07) is 8.19. The van der Waals surface area contributed by atoms with Crippen molar-refractivity contribution in [2.24, 2.45) is 0 Å². The summed E-state index contributed by atoms with van der Waals surface area (Å²) in [6.07, 6.45) is 0. The van der Waals surface area contributed by atoms with Gasteiger partial charge in [0.25, 0.3) is 5.91 Å². The minimum Gasteiger partial charge on any atom is -0.351 e. The molecule has 144 valence electrons. The third-order valence-electron chi connectivity index (χ3n) is 3.35. The van der Waals surface area contributed by atoms with Crippen LogP contribution in [-0.2, 0) is 14.8 Å². The molecular formula is C17H17F2N3O4S. The number of rotatable bonds is 7. The zero-order valence-electron chi connectivity index (χ0n) is 14.3. The Balaban J connectivity index is 1.88. The van der Waals surface area contributed by atoms with Crippen molar-refractivity contribution in [2.45, 2.75) is 11.8 Å². The highest BCUT2D eigenvalue weighted by Gasteiger charge is 2.19. The van der Waals surface area contributed by atoms with Crippen LogP contribution in [0.5, 0.6) is 0 Å². The third kappa shape index (κ3) is 5.83. The second kappa shape index (κ2) is 8.69. The Bertz CT molecular complexity index is 947. The maximum Gasteiger partial charge on any atom is 0.251 e. The maximum absolute atomic E-state index is 13.6. The van der Waals surface area contributed by atoms with Gasteiger partial charge in [-0.05, 0) is 42.5 Å². The minimum atomic E-state index is -4.25. The summed E-state index contributed by atoms with van der Waals surface area (Å²) in [4.78, 5) is 22.1. The lowest BCUT2D eigenvalue weighted by Crippen LogP contribution is -2.35. The first-order valence-electron chi connectivity index (χ1n) is 7.79. The topological polar surface area (TPSA) is 104 Å². The summed E-state index contributed by atoms with van der Waals surface area (Å²) in [5.74, 6) is -2.66. The van der Waals surface area contributed by atoms with Crippen LogP contribution >= 0.6 is 0 Å². The van der Waals surface area contributed by atoms with Gasteiger partial charge in [0.05, 0.1) is 0 Å². The number of benzene rings is 2. The molecule has 7 nitrogen and oxygen atoms in total. The average Bonchev–Trinajstić information content (AvgIpc) is 2.60. The van der Waals surface area contributed by atoms with E-state index in [9.17, 15) is 26.8 Å². The lowest BCUT2D eigenvalue weighted by molar-refractivity contribution is -0.114. The average molecular weight is 397 g/mol. The van der Waals surface area contributed by atoms with Crippen LogP contribution in [0.25, 0.3) is 0 Å². The third-order valence-corrected chi connectivity index (χ3v) is 4.83. The van der Waals surface area contributed by atoms with Gasteiger partial charge < -0.3 is 10.6 Å². The molecule has 3 N–H and O–H groups in total. The van der Waals surface area contributed by atoms with Gasteiger partial charge in [-0.25, -0.2) is 21.9 Å². The van der Waals surface area contributed by atoms with Crippen molar-refractivity contribution in [2.75, 3.05) is 18.4 Å². The first-order valence-corrected chi connectivity index (χ1v) is 9.28. The molecule has 0 spiro atoms. The number of nitrogens with one attached hydrogen (secondary N) is 3. The second-order valence-electron chi connectivity index (χ2n) is 5.49. The summed E-state index contributed by atoms with van der Waals surface area (Å²) >= 11 is 0. The molecule has 2 amide bonds. The lowest BCUT2D eigenvalue weighted by Gasteiger charge is -2.09. The minimum absolute atomic E-state index is 0.0670. The molecule has 2 aromatic rings. The summed E-state index contributed by atoms with van der Waals surface area (Å²) in [5, 5.41) is 5.05. The van der Waals surface area contributed by atoms with Crippen molar-refractivity contribution >= 4 is 27.5 Å². The first-order chi connectivity index (χ1) is 12.7. The van der Waals surface area contributed by atoms with Gasteiger partial charge in [0.1, 0.15) is 16.5 Å². The molecule has 10 heteroatoms. The van der Waals surface area contributed by atoms with Crippen LogP contribution in [0, 0.1) is 11.6 Å². The zero-order chi connectivity index (χ0) is 20.0. The smallest absolute Gasteiger partial charge is 0.251 e. The lowest BCUT2D eigenvalue weighted by atomic mass is 10.2.